The van der Waals surface area contributed by atoms with E-state index >= 15 is 0 Å². The smallest absolute Gasteiger partial charge is 0.156 e. The van der Waals surface area contributed by atoms with Crippen LogP contribution in [-0.2, 0) is 13.0 Å². The van der Waals surface area contributed by atoms with Crippen LogP contribution in [0.2, 0.25) is 10.0 Å². The van der Waals surface area contributed by atoms with Crippen molar-refractivity contribution in [2.75, 3.05) is 6.54 Å². The number of ether oxygens (including phenoxy) is 1. The highest BCUT2D eigenvalue weighted by molar-refractivity contribution is 6.37. The van der Waals surface area contributed by atoms with Gasteiger partial charge in [0.15, 0.2) is 5.75 Å². The number of hydrogen-bond donors (Lipinski definition) is 1. The van der Waals surface area contributed by atoms with Crippen molar-refractivity contribution in [1.82, 2.24) is 10.3 Å². The van der Waals surface area contributed by atoms with Crippen molar-refractivity contribution >= 4 is 44.9 Å². The fourth-order valence-corrected chi connectivity index (χ4v) is 4.91. The van der Waals surface area contributed by atoms with Gasteiger partial charge in [-0.05, 0) is 66.9 Å². The minimum Gasteiger partial charge on any atom is -0.488 e. The number of aromatic nitrogens is 1. The van der Waals surface area contributed by atoms with Crippen LogP contribution in [0.25, 0.3) is 32.9 Å². The summed E-state index contributed by atoms with van der Waals surface area (Å²) in [5.74, 6) is 0.524. The Kier molecular flexibility index (Phi) is 5.06. The topological polar surface area (TPSA) is 34.1 Å². The van der Waals surface area contributed by atoms with E-state index in [-0.39, 0.29) is 6.10 Å². The Labute approximate surface area is 186 Å². The molecule has 1 aliphatic heterocycles. The molecule has 1 N–H and O–H groups in total. The van der Waals surface area contributed by atoms with Crippen LogP contribution in [0.5, 0.6) is 5.75 Å². The molecule has 3 nitrogen and oxygen atoms in total. The van der Waals surface area contributed by atoms with E-state index in [0.717, 1.165) is 36.3 Å². The number of pyridine rings is 1. The second-order valence-corrected chi connectivity index (χ2v) is 8.78. The summed E-state index contributed by atoms with van der Waals surface area (Å²) in [6.45, 7) is 5.64. The Hall–Kier alpha value is -2.33. The predicted molar refractivity (Wildman–Crippen MR) is 126 cm³/mol. The summed E-state index contributed by atoms with van der Waals surface area (Å²) >= 11 is 13.1. The van der Waals surface area contributed by atoms with Gasteiger partial charge in [0.2, 0.25) is 0 Å². The van der Waals surface area contributed by atoms with Gasteiger partial charge in [0.25, 0.3) is 0 Å². The van der Waals surface area contributed by atoms with Crippen LogP contribution >= 0.6 is 23.2 Å². The first-order valence-electron chi connectivity index (χ1n) is 10.2. The van der Waals surface area contributed by atoms with Crippen molar-refractivity contribution in [3.8, 4) is 17.0 Å². The largest absolute Gasteiger partial charge is 0.488 e. The Morgan fingerprint density at radius 1 is 1.00 bits per heavy atom. The molecule has 3 aromatic carbocycles. The standard InChI is InChI=1S/C25H22Cl2N2O/c1-14(2)30-25-20(26)11-16(12-21(25)27)24-19-13-28-10-9-18(19)23-17-6-4-3-5-15(17)7-8-22(23)29-24/h3-8,11-12,14,28H,9-10,13H2,1-2H3. The van der Waals surface area contributed by atoms with Gasteiger partial charge in [-0.3, -0.25) is 0 Å². The van der Waals surface area contributed by atoms with E-state index < -0.39 is 0 Å². The maximum absolute atomic E-state index is 6.56. The zero-order valence-corrected chi connectivity index (χ0v) is 18.4. The second kappa shape index (κ2) is 7.73. The number of hydrogen-bond acceptors (Lipinski definition) is 3. The quantitative estimate of drug-likeness (QED) is 0.358. The molecule has 4 aromatic rings. The van der Waals surface area contributed by atoms with E-state index in [1.807, 2.05) is 26.0 Å². The normalized spacial score (nSPS) is 13.8. The van der Waals surface area contributed by atoms with E-state index in [4.69, 9.17) is 32.9 Å². The molecule has 0 aliphatic carbocycles. The van der Waals surface area contributed by atoms with Gasteiger partial charge in [-0.15, -0.1) is 0 Å². The van der Waals surface area contributed by atoms with Crippen molar-refractivity contribution in [3.63, 3.8) is 0 Å². The van der Waals surface area contributed by atoms with Crippen LogP contribution < -0.4 is 10.1 Å². The van der Waals surface area contributed by atoms with Gasteiger partial charge in [-0.2, -0.15) is 0 Å². The van der Waals surface area contributed by atoms with Crippen molar-refractivity contribution < 1.29 is 4.74 Å². The minimum absolute atomic E-state index is 0.00474. The van der Waals surface area contributed by atoms with Crippen LogP contribution in [0.15, 0.2) is 48.5 Å². The number of halogens is 2. The van der Waals surface area contributed by atoms with E-state index in [9.17, 15) is 0 Å². The van der Waals surface area contributed by atoms with E-state index in [2.05, 4.69) is 41.7 Å². The lowest BCUT2D eigenvalue weighted by Gasteiger charge is -2.23. The summed E-state index contributed by atoms with van der Waals surface area (Å²) in [5.41, 5.74) is 5.42. The highest BCUT2D eigenvalue weighted by Gasteiger charge is 2.22. The molecule has 5 heteroatoms. The molecule has 0 fully saturated rings. The molecule has 0 saturated carbocycles. The monoisotopic (exact) mass is 436 g/mol. The molecule has 0 saturated heterocycles. The third kappa shape index (κ3) is 3.31. The molecule has 0 radical (unpaired) electrons. The third-order valence-corrected chi connectivity index (χ3v) is 6.13. The summed E-state index contributed by atoms with van der Waals surface area (Å²) in [6.07, 6.45) is 0.959. The maximum Gasteiger partial charge on any atom is 0.156 e. The molecule has 2 heterocycles. The zero-order valence-electron chi connectivity index (χ0n) is 16.9. The molecule has 1 aliphatic rings. The number of nitrogens with zero attached hydrogens (tertiary/aromatic N) is 1. The van der Waals surface area contributed by atoms with Crippen LogP contribution in [0.4, 0.5) is 0 Å². The number of benzene rings is 3. The van der Waals surface area contributed by atoms with Crippen LogP contribution in [-0.4, -0.2) is 17.6 Å². The number of rotatable bonds is 3. The third-order valence-electron chi connectivity index (χ3n) is 5.57. The summed E-state index contributed by atoms with van der Waals surface area (Å²) in [7, 11) is 0. The molecular weight excluding hydrogens is 415 g/mol. The molecular formula is C25H22Cl2N2O. The first-order chi connectivity index (χ1) is 14.5. The van der Waals surface area contributed by atoms with Gasteiger partial charge in [0, 0.05) is 17.5 Å². The van der Waals surface area contributed by atoms with Crippen LogP contribution in [0.1, 0.15) is 25.0 Å². The fraction of sp³-hybridized carbons (Fsp3) is 0.240. The number of nitrogens with one attached hydrogen (secondary N) is 1. The van der Waals surface area contributed by atoms with E-state index in [1.165, 1.54) is 27.3 Å². The zero-order chi connectivity index (χ0) is 20.8. The molecule has 1 aromatic heterocycles. The Bertz CT molecular complexity index is 1260. The van der Waals surface area contributed by atoms with Gasteiger partial charge in [0.1, 0.15) is 0 Å². The molecule has 5 rings (SSSR count). The second-order valence-electron chi connectivity index (χ2n) is 7.96. The molecule has 30 heavy (non-hydrogen) atoms. The maximum atomic E-state index is 6.56. The predicted octanol–water partition coefficient (Wildman–Crippen LogP) is 6.79. The van der Waals surface area contributed by atoms with Crippen molar-refractivity contribution in [3.05, 3.63) is 69.7 Å². The Balaban J connectivity index is 1.78. The lowest BCUT2D eigenvalue weighted by atomic mass is 9.90. The summed E-state index contributed by atoms with van der Waals surface area (Å²) in [4.78, 5) is 5.08. The van der Waals surface area contributed by atoms with Gasteiger partial charge >= 0.3 is 0 Å². The lowest BCUT2D eigenvalue weighted by Crippen LogP contribution is -2.25. The molecule has 0 bridgehead atoms. The first kappa shape index (κ1) is 19.6. The average molecular weight is 437 g/mol. The summed E-state index contributed by atoms with van der Waals surface area (Å²) < 4.78 is 5.80. The van der Waals surface area contributed by atoms with Crippen molar-refractivity contribution in [2.24, 2.45) is 0 Å². The molecule has 0 atom stereocenters. The van der Waals surface area contributed by atoms with E-state index in [1.54, 1.807) is 0 Å². The molecule has 0 amide bonds. The van der Waals surface area contributed by atoms with Crippen molar-refractivity contribution in [1.29, 1.82) is 0 Å². The number of fused-ring (bicyclic) bond motifs is 5. The summed E-state index contributed by atoms with van der Waals surface area (Å²) in [6, 6.07) is 16.6. The van der Waals surface area contributed by atoms with Gasteiger partial charge < -0.3 is 10.1 Å². The van der Waals surface area contributed by atoms with Crippen molar-refractivity contribution in [2.45, 2.75) is 32.9 Å². The van der Waals surface area contributed by atoms with Gasteiger partial charge in [0.05, 0.1) is 27.4 Å². The minimum atomic E-state index is -0.00474. The molecule has 0 spiro atoms. The van der Waals surface area contributed by atoms with Gasteiger partial charge in [-0.25, -0.2) is 4.98 Å². The fourth-order valence-electron chi connectivity index (χ4n) is 4.33. The van der Waals surface area contributed by atoms with E-state index in [0.29, 0.717) is 15.8 Å². The lowest BCUT2D eigenvalue weighted by molar-refractivity contribution is 0.243. The summed E-state index contributed by atoms with van der Waals surface area (Å²) in [5, 5.41) is 8.25. The highest BCUT2D eigenvalue weighted by Crippen LogP contribution is 2.41. The first-order valence-corrected chi connectivity index (χ1v) is 11.0. The Morgan fingerprint density at radius 2 is 1.77 bits per heavy atom. The van der Waals surface area contributed by atoms with Crippen LogP contribution in [0, 0.1) is 0 Å². The molecule has 0 unspecified atom stereocenters. The highest BCUT2D eigenvalue weighted by atomic mass is 35.5. The van der Waals surface area contributed by atoms with Crippen LogP contribution in [0.3, 0.4) is 0 Å². The SMILES string of the molecule is CC(C)Oc1c(Cl)cc(-c2nc3ccc4ccccc4c3c3c2CNCC3)cc1Cl. The Morgan fingerprint density at radius 3 is 2.53 bits per heavy atom. The van der Waals surface area contributed by atoms with Gasteiger partial charge in [-0.1, -0.05) is 53.5 Å². The average Bonchev–Trinajstić information content (AvgIpc) is 2.75. The molecule has 152 valence electrons.